The van der Waals surface area contributed by atoms with Crippen LogP contribution in [0.25, 0.3) is 15.8 Å². The smallest absolute Gasteiger partial charge is 0.273 e. The zero-order valence-electron chi connectivity index (χ0n) is 12.2. The SMILES string of the molecule is CC(C)NCc1cccc(-n2sc3ccccc3c2=O)c1. The molecule has 0 aliphatic carbocycles. The molecule has 108 valence electrons. The minimum absolute atomic E-state index is 0.0598. The number of hydrogen-bond donors (Lipinski definition) is 1. The minimum Gasteiger partial charge on any atom is -0.310 e. The van der Waals surface area contributed by atoms with Crippen LogP contribution >= 0.6 is 11.5 Å². The molecule has 0 amide bonds. The predicted octanol–water partition coefficient (Wildman–Crippen LogP) is 3.55. The van der Waals surface area contributed by atoms with E-state index in [-0.39, 0.29) is 5.56 Å². The van der Waals surface area contributed by atoms with E-state index in [1.165, 1.54) is 17.1 Å². The van der Waals surface area contributed by atoms with Gasteiger partial charge in [-0.3, -0.25) is 4.79 Å². The average Bonchev–Trinajstić information content (AvgIpc) is 2.83. The number of hydrogen-bond acceptors (Lipinski definition) is 3. The molecule has 1 heterocycles. The van der Waals surface area contributed by atoms with Crippen molar-refractivity contribution in [1.82, 2.24) is 9.27 Å². The number of benzene rings is 2. The van der Waals surface area contributed by atoms with Crippen LogP contribution in [0.1, 0.15) is 19.4 Å². The zero-order chi connectivity index (χ0) is 14.8. The van der Waals surface area contributed by atoms with Crippen LogP contribution in [0.2, 0.25) is 0 Å². The molecule has 0 radical (unpaired) electrons. The number of fused-ring (bicyclic) bond motifs is 1. The Balaban J connectivity index is 2.00. The summed E-state index contributed by atoms with van der Waals surface area (Å²) in [5, 5.41) is 4.18. The van der Waals surface area contributed by atoms with Gasteiger partial charge in [-0.25, -0.2) is 3.96 Å². The first kappa shape index (κ1) is 14.0. The Morgan fingerprint density at radius 1 is 1.14 bits per heavy atom. The summed E-state index contributed by atoms with van der Waals surface area (Å²) >= 11 is 1.49. The lowest BCUT2D eigenvalue weighted by atomic mass is 10.2. The molecule has 0 saturated carbocycles. The van der Waals surface area contributed by atoms with Crippen LogP contribution in [0.3, 0.4) is 0 Å². The lowest BCUT2D eigenvalue weighted by Crippen LogP contribution is -2.22. The van der Waals surface area contributed by atoms with Crippen molar-refractivity contribution >= 4 is 21.6 Å². The number of rotatable bonds is 4. The Hall–Kier alpha value is -1.91. The lowest BCUT2D eigenvalue weighted by Gasteiger charge is -2.09. The van der Waals surface area contributed by atoms with Gasteiger partial charge in [-0.2, -0.15) is 0 Å². The molecule has 3 nitrogen and oxygen atoms in total. The van der Waals surface area contributed by atoms with Crippen molar-refractivity contribution in [3.63, 3.8) is 0 Å². The zero-order valence-corrected chi connectivity index (χ0v) is 13.0. The topological polar surface area (TPSA) is 34.0 Å². The number of aromatic nitrogens is 1. The summed E-state index contributed by atoms with van der Waals surface area (Å²) in [5.74, 6) is 0. The van der Waals surface area contributed by atoms with Gasteiger partial charge in [0, 0.05) is 12.6 Å². The van der Waals surface area contributed by atoms with Crippen LogP contribution in [0.4, 0.5) is 0 Å². The average molecular weight is 298 g/mol. The second kappa shape index (κ2) is 5.84. The van der Waals surface area contributed by atoms with Crippen molar-refractivity contribution in [2.45, 2.75) is 26.4 Å². The molecule has 0 fully saturated rings. The molecular weight excluding hydrogens is 280 g/mol. The Morgan fingerprint density at radius 2 is 1.95 bits per heavy atom. The third-order valence-electron chi connectivity index (χ3n) is 3.35. The molecule has 4 heteroatoms. The van der Waals surface area contributed by atoms with Gasteiger partial charge < -0.3 is 5.32 Å². The maximum atomic E-state index is 12.5. The van der Waals surface area contributed by atoms with Crippen LogP contribution in [0.15, 0.2) is 53.3 Å². The van der Waals surface area contributed by atoms with Gasteiger partial charge in [0.2, 0.25) is 0 Å². The van der Waals surface area contributed by atoms with Gasteiger partial charge in [0.1, 0.15) is 0 Å². The van der Waals surface area contributed by atoms with Crippen molar-refractivity contribution in [3.8, 4) is 5.69 Å². The van der Waals surface area contributed by atoms with Gasteiger partial charge in [-0.05, 0) is 29.8 Å². The monoisotopic (exact) mass is 298 g/mol. The van der Waals surface area contributed by atoms with Crippen molar-refractivity contribution in [2.24, 2.45) is 0 Å². The van der Waals surface area contributed by atoms with Crippen molar-refractivity contribution in [3.05, 3.63) is 64.4 Å². The molecular formula is C17H18N2OS. The molecule has 1 aromatic heterocycles. The summed E-state index contributed by atoms with van der Waals surface area (Å²) in [5.41, 5.74) is 2.18. The van der Waals surface area contributed by atoms with Crippen molar-refractivity contribution in [2.75, 3.05) is 0 Å². The molecule has 0 saturated heterocycles. The van der Waals surface area contributed by atoms with Gasteiger partial charge in [0.15, 0.2) is 0 Å². The first-order chi connectivity index (χ1) is 10.1. The second-order valence-electron chi connectivity index (χ2n) is 5.39. The molecule has 0 unspecified atom stereocenters. The van der Waals surface area contributed by atoms with Crippen LogP contribution in [0.5, 0.6) is 0 Å². The Labute approximate surface area is 128 Å². The summed E-state index contributed by atoms with van der Waals surface area (Å²) < 4.78 is 2.79. The highest BCUT2D eigenvalue weighted by Gasteiger charge is 2.08. The Morgan fingerprint density at radius 3 is 2.71 bits per heavy atom. The van der Waals surface area contributed by atoms with E-state index in [0.29, 0.717) is 6.04 Å². The molecule has 1 N–H and O–H groups in total. The quantitative estimate of drug-likeness (QED) is 0.799. The van der Waals surface area contributed by atoms with Gasteiger partial charge in [-0.15, -0.1) is 0 Å². The van der Waals surface area contributed by atoms with E-state index in [2.05, 4.69) is 31.3 Å². The molecule has 3 aromatic rings. The maximum absolute atomic E-state index is 12.5. The third-order valence-corrected chi connectivity index (χ3v) is 4.46. The maximum Gasteiger partial charge on any atom is 0.273 e. The highest BCUT2D eigenvalue weighted by molar-refractivity contribution is 7.14. The van der Waals surface area contributed by atoms with E-state index >= 15 is 0 Å². The number of nitrogens with zero attached hydrogens (tertiary/aromatic N) is 1. The molecule has 0 bridgehead atoms. The summed E-state index contributed by atoms with van der Waals surface area (Å²) in [4.78, 5) is 12.5. The Kier molecular flexibility index (Phi) is 3.90. The van der Waals surface area contributed by atoms with E-state index in [1.807, 2.05) is 36.4 Å². The van der Waals surface area contributed by atoms with E-state index in [9.17, 15) is 4.79 Å². The molecule has 0 atom stereocenters. The van der Waals surface area contributed by atoms with Gasteiger partial charge >= 0.3 is 0 Å². The molecule has 21 heavy (non-hydrogen) atoms. The van der Waals surface area contributed by atoms with E-state index < -0.39 is 0 Å². The van der Waals surface area contributed by atoms with Crippen LogP contribution in [-0.2, 0) is 6.54 Å². The molecule has 3 rings (SSSR count). The summed E-state index contributed by atoms with van der Waals surface area (Å²) in [6.45, 7) is 5.06. The van der Waals surface area contributed by atoms with Crippen LogP contribution < -0.4 is 10.9 Å². The first-order valence-corrected chi connectivity index (χ1v) is 7.86. The van der Waals surface area contributed by atoms with Gasteiger partial charge in [0.25, 0.3) is 5.56 Å². The molecule has 0 aliphatic rings. The third kappa shape index (κ3) is 2.91. The van der Waals surface area contributed by atoms with E-state index in [0.717, 1.165) is 22.3 Å². The van der Waals surface area contributed by atoms with Crippen LogP contribution in [0, 0.1) is 0 Å². The summed E-state index contributed by atoms with van der Waals surface area (Å²) in [6, 6.07) is 16.3. The highest BCUT2D eigenvalue weighted by Crippen LogP contribution is 2.20. The van der Waals surface area contributed by atoms with Gasteiger partial charge in [-0.1, -0.05) is 49.6 Å². The molecule has 0 aliphatic heterocycles. The number of nitrogens with one attached hydrogen (secondary N) is 1. The fraction of sp³-hybridized carbons (Fsp3) is 0.235. The predicted molar refractivity (Wildman–Crippen MR) is 89.4 cm³/mol. The first-order valence-electron chi connectivity index (χ1n) is 7.09. The van der Waals surface area contributed by atoms with E-state index in [4.69, 9.17) is 0 Å². The lowest BCUT2D eigenvalue weighted by molar-refractivity contribution is 0.589. The van der Waals surface area contributed by atoms with Crippen molar-refractivity contribution in [1.29, 1.82) is 0 Å². The summed E-state index contributed by atoms with van der Waals surface area (Å²) in [6.07, 6.45) is 0. The highest BCUT2D eigenvalue weighted by atomic mass is 32.1. The van der Waals surface area contributed by atoms with Gasteiger partial charge in [0.05, 0.1) is 15.8 Å². The fourth-order valence-electron chi connectivity index (χ4n) is 2.26. The normalized spacial score (nSPS) is 11.4. The minimum atomic E-state index is 0.0598. The molecule has 0 spiro atoms. The summed E-state index contributed by atoms with van der Waals surface area (Å²) in [7, 11) is 0. The molecule has 2 aromatic carbocycles. The van der Waals surface area contributed by atoms with Crippen molar-refractivity contribution < 1.29 is 0 Å². The largest absolute Gasteiger partial charge is 0.310 e. The Bertz CT molecular complexity index is 817. The van der Waals surface area contributed by atoms with E-state index in [1.54, 1.807) is 3.96 Å². The second-order valence-corrected chi connectivity index (χ2v) is 6.38. The van der Waals surface area contributed by atoms with Crippen LogP contribution in [-0.4, -0.2) is 10.00 Å². The fourth-order valence-corrected chi connectivity index (χ4v) is 3.25. The standard InChI is InChI=1S/C17H18N2OS/c1-12(2)18-11-13-6-5-7-14(10-13)19-17(20)15-8-3-4-9-16(15)21-19/h3-10,12,18H,11H2,1-2H3.